The van der Waals surface area contributed by atoms with E-state index in [0.717, 1.165) is 18.2 Å². The van der Waals surface area contributed by atoms with Crippen molar-refractivity contribution in [2.75, 3.05) is 28.6 Å². The SMILES string of the molecule is CC1CC(C)CN(c2nnc(NC(=O)Nc3ccccc3Cl)s2)C1. The zero-order valence-electron chi connectivity index (χ0n) is 13.6. The molecule has 1 fully saturated rings. The molecular weight excluding hydrogens is 346 g/mol. The summed E-state index contributed by atoms with van der Waals surface area (Å²) in [5, 5.41) is 15.5. The van der Waals surface area contributed by atoms with Crippen LogP contribution in [0.1, 0.15) is 20.3 Å². The fraction of sp³-hybridized carbons (Fsp3) is 0.438. The van der Waals surface area contributed by atoms with E-state index < -0.39 is 0 Å². The molecule has 6 nitrogen and oxygen atoms in total. The summed E-state index contributed by atoms with van der Waals surface area (Å²) in [5.41, 5.74) is 0.556. The van der Waals surface area contributed by atoms with Crippen LogP contribution in [-0.2, 0) is 0 Å². The number of halogens is 1. The predicted octanol–water partition coefficient (Wildman–Crippen LogP) is 4.32. The van der Waals surface area contributed by atoms with Crippen molar-refractivity contribution in [1.29, 1.82) is 0 Å². The fourth-order valence-corrected chi connectivity index (χ4v) is 3.97. The Labute approximate surface area is 150 Å². The second-order valence-corrected chi connectivity index (χ2v) is 7.66. The molecule has 1 aromatic carbocycles. The maximum absolute atomic E-state index is 12.1. The van der Waals surface area contributed by atoms with Gasteiger partial charge < -0.3 is 10.2 Å². The maximum atomic E-state index is 12.1. The van der Waals surface area contributed by atoms with Crippen LogP contribution in [-0.4, -0.2) is 29.3 Å². The molecule has 2 heterocycles. The summed E-state index contributed by atoms with van der Waals surface area (Å²) >= 11 is 7.42. The minimum Gasteiger partial charge on any atom is -0.346 e. The van der Waals surface area contributed by atoms with Crippen LogP contribution in [0.3, 0.4) is 0 Å². The molecule has 2 N–H and O–H groups in total. The van der Waals surface area contributed by atoms with Gasteiger partial charge in [0, 0.05) is 13.1 Å². The summed E-state index contributed by atoms with van der Waals surface area (Å²) in [6, 6.07) is 6.70. The summed E-state index contributed by atoms with van der Waals surface area (Å²) in [6.07, 6.45) is 1.24. The van der Waals surface area contributed by atoms with Gasteiger partial charge in [0.2, 0.25) is 10.3 Å². The van der Waals surface area contributed by atoms with Gasteiger partial charge in [0.25, 0.3) is 0 Å². The number of para-hydroxylation sites is 1. The maximum Gasteiger partial charge on any atom is 0.325 e. The predicted molar refractivity (Wildman–Crippen MR) is 99.2 cm³/mol. The minimum atomic E-state index is -0.383. The lowest BCUT2D eigenvalue weighted by Crippen LogP contribution is -2.38. The van der Waals surface area contributed by atoms with E-state index in [9.17, 15) is 4.79 Å². The highest BCUT2D eigenvalue weighted by molar-refractivity contribution is 7.19. The Bertz CT molecular complexity index is 712. The summed E-state index contributed by atoms with van der Waals surface area (Å²) in [7, 11) is 0. The molecule has 0 spiro atoms. The Balaban J connectivity index is 1.61. The van der Waals surface area contributed by atoms with E-state index in [4.69, 9.17) is 11.6 Å². The Morgan fingerprint density at radius 1 is 1.21 bits per heavy atom. The van der Waals surface area contributed by atoms with Gasteiger partial charge in [-0.25, -0.2) is 4.79 Å². The number of benzene rings is 1. The van der Waals surface area contributed by atoms with Gasteiger partial charge in [-0.2, -0.15) is 0 Å². The second kappa shape index (κ2) is 7.36. The second-order valence-electron chi connectivity index (χ2n) is 6.30. The molecule has 128 valence electrons. The molecule has 0 saturated carbocycles. The van der Waals surface area contributed by atoms with Crippen LogP contribution >= 0.6 is 22.9 Å². The van der Waals surface area contributed by atoms with Crippen LogP contribution in [0.25, 0.3) is 0 Å². The van der Waals surface area contributed by atoms with E-state index >= 15 is 0 Å². The van der Waals surface area contributed by atoms with Gasteiger partial charge in [0.1, 0.15) is 0 Å². The van der Waals surface area contributed by atoms with Crippen LogP contribution in [0.4, 0.5) is 20.7 Å². The van der Waals surface area contributed by atoms with Gasteiger partial charge >= 0.3 is 6.03 Å². The molecule has 0 bridgehead atoms. The third-order valence-electron chi connectivity index (χ3n) is 3.90. The summed E-state index contributed by atoms with van der Waals surface area (Å²) in [6.45, 7) is 6.45. The van der Waals surface area contributed by atoms with Crippen molar-refractivity contribution < 1.29 is 4.79 Å². The van der Waals surface area contributed by atoms with Gasteiger partial charge in [-0.15, -0.1) is 10.2 Å². The normalized spacial score (nSPS) is 20.7. The van der Waals surface area contributed by atoms with Gasteiger partial charge in [-0.05, 0) is 30.4 Å². The fourth-order valence-electron chi connectivity index (χ4n) is 3.03. The Morgan fingerprint density at radius 2 is 1.92 bits per heavy atom. The van der Waals surface area contributed by atoms with Crippen LogP contribution in [0.5, 0.6) is 0 Å². The third kappa shape index (κ3) is 4.15. The first-order valence-electron chi connectivity index (χ1n) is 7.92. The van der Waals surface area contributed by atoms with Crippen molar-refractivity contribution in [3.05, 3.63) is 29.3 Å². The van der Waals surface area contributed by atoms with Crippen LogP contribution < -0.4 is 15.5 Å². The standard InChI is InChI=1S/C16H20ClN5OS/c1-10-7-11(2)9-22(8-10)16-21-20-15(24-16)19-14(23)18-13-6-4-3-5-12(13)17/h3-6,10-11H,7-9H2,1-2H3,(H2,18,19,20,23). The van der Waals surface area contributed by atoms with E-state index in [1.807, 2.05) is 12.1 Å². The lowest BCUT2D eigenvalue weighted by molar-refractivity contribution is 0.262. The number of carbonyl (C=O) groups is 1. The largest absolute Gasteiger partial charge is 0.346 e. The topological polar surface area (TPSA) is 70.2 Å². The van der Waals surface area contributed by atoms with E-state index in [1.54, 1.807) is 12.1 Å². The van der Waals surface area contributed by atoms with Crippen molar-refractivity contribution in [2.45, 2.75) is 20.3 Å². The number of aromatic nitrogens is 2. The number of piperidine rings is 1. The van der Waals surface area contributed by atoms with Crippen LogP contribution in [0.15, 0.2) is 24.3 Å². The molecule has 2 aromatic rings. The average Bonchev–Trinajstić information content (AvgIpc) is 2.97. The van der Waals surface area contributed by atoms with Gasteiger partial charge in [-0.1, -0.05) is 48.9 Å². The molecule has 1 aliphatic rings. The number of anilines is 3. The molecule has 8 heteroatoms. The first kappa shape index (κ1) is 17.0. The minimum absolute atomic E-state index is 0.383. The summed E-state index contributed by atoms with van der Waals surface area (Å²) in [4.78, 5) is 14.3. The molecule has 2 unspecified atom stereocenters. The molecule has 0 radical (unpaired) electrons. The number of amides is 2. The Hall–Kier alpha value is -1.86. The highest BCUT2D eigenvalue weighted by atomic mass is 35.5. The number of nitrogens with zero attached hydrogens (tertiary/aromatic N) is 3. The van der Waals surface area contributed by atoms with Crippen LogP contribution in [0, 0.1) is 11.8 Å². The highest BCUT2D eigenvalue weighted by Gasteiger charge is 2.24. The Morgan fingerprint density at radius 3 is 2.62 bits per heavy atom. The van der Waals surface area contributed by atoms with E-state index in [1.165, 1.54) is 17.8 Å². The Kier molecular flexibility index (Phi) is 5.20. The molecule has 2 atom stereocenters. The van der Waals surface area contributed by atoms with Gasteiger partial charge in [-0.3, -0.25) is 5.32 Å². The zero-order chi connectivity index (χ0) is 17.1. The molecule has 1 aromatic heterocycles. The van der Waals surface area contributed by atoms with Gasteiger partial charge in [0.05, 0.1) is 10.7 Å². The van der Waals surface area contributed by atoms with Gasteiger partial charge in [0.15, 0.2) is 0 Å². The number of carbonyl (C=O) groups excluding carboxylic acids is 1. The van der Waals surface area contributed by atoms with Crippen molar-refractivity contribution in [3.8, 4) is 0 Å². The van der Waals surface area contributed by atoms with Crippen molar-refractivity contribution in [2.24, 2.45) is 11.8 Å². The summed E-state index contributed by atoms with van der Waals surface area (Å²) < 4.78 is 0. The van der Waals surface area contributed by atoms with E-state index in [2.05, 4.69) is 39.6 Å². The van der Waals surface area contributed by atoms with Crippen molar-refractivity contribution in [3.63, 3.8) is 0 Å². The van der Waals surface area contributed by atoms with E-state index in [0.29, 0.717) is 27.7 Å². The quantitative estimate of drug-likeness (QED) is 0.849. The summed E-state index contributed by atoms with van der Waals surface area (Å²) in [5.74, 6) is 1.27. The zero-order valence-corrected chi connectivity index (χ0v) is 15.2. The number of hydrogen-bond donors (Lipinski definition) is 2. The molecular formula is C16H20ClN5OS. The highest BCUT2D eigenvalue weighted by Crippen LogP contribution is 2.30. The lowest BCUT2D eigenvalue weighted by Gasteiger charge is -2.34. The molecule has 1 aliphatic heterocycles. The molecule has 2 amide bonds. The number of rotatable bonds is 3. The third-order valence-corrected chi connectivity index (χ3v) is 5.13. The monoisotopic (exact) mass is 365 g/mol. The molecule has 3 rings (SSSR count). The first-order chi connectivity index (χ1) is 11.5. The molecule has 24 heavy (non-hydrogen) atoms. The van der Waals surface area contributed by atoms with Crippen molar-refractivity contribution >= 4 is 44.9 Å². The first-order valence-corrected chi connectivity index (χ1v) is 9.11. The number of hydrogen-bond acceptors (Lipinski definition) is 5. The smallest absolute Gasteiger partial charge is 0.325 e. The number of nitrogens with one attached hydrogen (secondary N) is 2. The molecule has 1 saturated heterocycles. The average molecular weight is 366 g/mol. The lowest BCUT2D eigenvalue weighted by atomic mass is 9.92. The number of urea groups is 1. The van der Waals surface area contributed by atoms with E-state index in [-0.39, 0.29) is 6.03 Å². The molecule has 0 aliphatic carbocycles. The van der Waals surface area contributed by atoms with Crippen LogP contribution in [0.2, 0.25) is 5.02 Å². The van der Waals surface area contributed by atoms with Crippen molar-refractivity contribution in [1.82, 2.24) is 10.2 Å².